The van der Waals surface area contributed by atoms with E-state index in [4.69, 9.17) is 11.6 Å². The van der Waals surface area contributed by atoms with Crippen LogP contribution in [0.1, 0.15) is 25.3 Å². The highest BCUT2D eigenvalue weighted by Crippen LogP contribution is 2.33. The number of hydrogen-bond acceptors (Lipinski definition) is 1. The molecule has 1 nitrogen and oxygen atoms in total. The van der Waals surface area contributed by atoms with E-state index in [-0.39, 0.29) is 0 Å². The van der Waals surface area contributed by atoms with Crippen molar-refractivity contribution < 1.29 is 0 Å². The van der Waals surface area contributed by atoms with Crippen LogP contribution in [0.3, 0.4) is 0 Å². The molecule has 0 aliphatic heterocycles. The van der Waals surface area contributed by atoms with Gasteiger partial charge < -0.3 is 0 Å². The number of aromatic nitrogens is 1. The Morgan fingerprint density at radius 3 is 2.09 bits per heavy atom. The van der Waals surface area contributed by atoms with Gasteiger partial charge in [0.05, 0.1) is 0 Å². The molecule has 0 amide bonds. The number of nitrogens with zero attached hydrogens (tertiary/aromatic N) is 1. The lowest BCUT2D eigenvalue weighted by atomic mass is 9.94. The molecule has 2 heteroatoms. The summed E-state index contributed by atoms with van der Waals surface area (Å²) in [5.74, 6) is 0.531. The zero-order valence-corrected chi connectivity index (χ0v) is 13.5. The molecule has 0 bridgehead atoms. The Bertz CT molecular complexity index is 761. The first kappa shape index (κ1) is 14.8. The van der Waals surface area contributed by atoms with Gasteiger partial charge in [0.15, 0.2) is 0 Å². The summed E-state index contributed by atoms with van der Waals surface area (Å²) in [6, 6.07) is 20.9. The van der Waals surface area contributed by atoms with Crippen molar-refractivity contribution in [2.24, 2.45) is 0 Å². The summed E-state index contributed by atoms with van der Waals surface area (Å²) in [5.41, 5.74) is 5.86. The van der Waals surface area contributed by atoms with Crippen LogP contribution in [0.15, 0.2) is 66.9 Å². The third kappa shape index (κ3) is 3.05. The largest absolute Gasteiger partial charge is 0.244 e. The van der Waals surface area contributed by atoms with Crippen LogP contribution in [-0.4, -0.2) is 4.98 Å². The number of rotatable bonds is 3. The number of benzene rings is 2. The summed E-state index contributed by atoms with van der Waals surface area (Å²) in [4.78, 5) is 4.25. The summed E-state index contributed by atoms with van der Waals surface area (Å²) >= 11 is 6.12. The Morgan fingerprint density at radius 2 is 1.45 bits per heavy atom. The van der Waals surface area contributed by atoms with Crippen LogP contribution in [0.5, 0.6) is 0 Å². The Labute approximate surface area is 136 Å². The van der Waals surface area contributed by atoms with Crippen molar-refractivity contribution in [3.8, 4) is 22.3 Å². The minimum atomic E-state index is 0.516. The van der Waals surface area contributed by atoms with Gasteiger partial charge in [-0.2, -0.15) is 0 Å². The highest BCUT2D eigenvalue weighted by molar-refractivity contribution is 6.29. The molecule has 0 radical (unpaired) electrons. The van der Waals surface area contributed by atoms with Crippen LogP contribution in [0, 0.1) is 0 Å². The average molecular weight is 308 g/mol. The van der Waals surface area contributed by atoms with Crippen molar-refractivity contribution in [1.82, 2.24) is 4.98 Å². The number of pyridine rings is 1. The molecule has 0 atom stereocenters. The molecule has 0 spiro atoms. The fourth-order valence-electron chi connectivity index (χ4n) is 2.56. The summed E-state index contributed by atoms with van der Waals surface area (Å²) in [6.45, 7) is 4.40. The second kappa shape index (κ2) is 6.33. The Kier molecular flexibility index (Phi) is 4.26. The van der Waals surface area contributed by atoms with E-state index < -0.39 is 0 Å². The van der Waals surface area contributed by atoms with E-state index in [1.807, 2.05) is 30.5 Å². The van der Waals surface area contributed by atoms with Gasteiger partial charge in [-0.1, -0.05) is 80.0 Å². The highest BCUT2D eigenvalue weighted by atomic mass is 35.5. The zero-order valence-electron chi connectivity index (χ0n) is 12.8. The molecule has 0 saturated carbocycles. The standard InChI is InChI=1S/C20H18ClN/c1-14(2)15-8-10-17(11-9-15)18-12-20(21)22-13-19(18)16-6-4-3-5-7-16/h3-14H,1-2H3. The van der Waals surface area contributed by atoms with Crippen molar-refractivity contribution >= 4 is 11.6 Å². The van der Waals surface area contributed by atoms with Gasteiger partial charge in [-0.3, -0.25) is 0 Å². The van der Waals surface area contributed by atoms with Gasteiger partial charge >= 0.3 is 0 Å². The van der Waals surface area contributed by atoms with Crippen molar-refractivity contribution in [3.63, 3.8) is 0 Å². The Balaban J connectivity index is 2.11. The molecule has 110 valence electrons. The lowest BCUT2D eigenvalue weighted by Crippen LogP contribution is -1.90. The van der Waals surface area contributed by atoms with Gasteiger partial charge in [0.25, 0.3) is 0 Å². The minimum Gasteiger partial charge on any atom is -0.244 e. The maximum Gasteiger partial charge on any atom is 0.129 e. The summed E-state index contributed by atoms with van der Waals surface area (Å²) < 4.78 is 0. The van der Waals surface area contributed by atoms with Crippen LogP contribution in [0.25, 0.3) is 22.3 Å². The van der Waals surface area contributed by atoms with Crippen molar-refractivity contribution in [1.29, 1.82) is 0 Å². The van der Waals surface area contributed by atoms with Crippen LogP contribution in [0.2, 0.25) is 5.15 Å². The molecule has 0 N–H and O–H groups in total. The highest BCUT2D eigenvalue weighted by Gasteiger charge is 2.09. The van der Waals surface area contributed by atoms with Gasteiger partial charge in [0.1, 0.15) is 5.15 Å². The first-order chi connectivity index (χ1) is 10.6. The number of hydrogen-bond donors (Lipinski definition) is 0. The molecule has 0 fully saturated rings. The third-order valence-corrected chi connectivity index (χ3v) is 4.05. The molecule has 0 unspecified atom stereocenters. The van der Waals surface area contributed by atoms with Crippen LogP contribution < -0.4 is 0 Å². The Hall–Kier alpha value is -2.12. The van der Waals surface area contributed by atoms with E-state index in [0.29, 0.717) is 11.1 Å². The van der Waals surface area contributed by atoms with E-state index in [9.17, 15) is 0 Å². The second-order valence-corrected chi connectivity index (χ2v) is 6.08. The molecule has 1 aromatic heterocycles. The van der Waals surface area contributed by atoms with Crippen LogP contribution in [0.4, 0.5) is 0 Å². The summed E-state index contributed by atoms with van der Waals surface area (Å²) in [7, 11) is 0. The van der Waals surface area contributed by atoms with Crippen molar-refractivity contribution in [2.45, 2.75) is 19.8 Å². The van der Waals surface area contributed by atoms with Crippen molar-refractivity contribution in [2.75, 3.05) is 0 Å². The maximum absolute atomic E-state index is 6.12. The van der Waals surface area contributed by atoms with E-state index in [1.165, 1.54) is 5.56 Å². The first-order valence-corrected chi connectivity index (χ1v) is 7.84. The van der Waals surface area contributed by atoms with E-state index in [2.05, 4.69) is 55.2 Å². The summed E-state index contributed by atoms with van der Waals surface area (Å²) in [5, 5.41) is 0.516. The molecule has 0 saturated heterocycles. The molecule has 3 aromatic rings. The van der Waals surface area contributed by atoms with Gasteiger partial charge in [-0.15, -0.1) is 0 Å². The molecular formula is C20H18ClN. The second-order valence-electron chi connectivity index (χ2n) is 5.70. The van der Waals surface area contributed by atoms with Gasteiger partial charge in [-0.05, 0) is 34.2 Å². The predicted octanol–water partition coefficient (Wildman–Crippen LogP) is 6.19. The van der Waals surface area contributed by atoms with Gasteiger partial charge in [0.2, 0.25) is 0 Å². The fraction of sp³-hybridized carbons (Fsp3) is 0.150. The quantitative estimate of drug-likeness (QED) is 0.525. The molecule has 0 aliphatic carbocycles. The molecular weight excluding hydrogens is 290 g/mol. The van der Waals surface area contributed by atoms with Crippen LogP contribution >= 0.6 is 11.6 Å². The molecule has 22 heavy (non-hydrogen) atoms. The topological polar surface area (TPSA) is 12.9 Å². The minimum absolute atomic E-state index is 0.516. The van der Waals surface area contributed by atoms with Gasteiger partial charge in [0, 0.05) is 11.8 Å². The van der Waals surface area contributed by atoms with Gasteiger partial charge in [-0.25, -0.2) is 4.98 Å². The normalized spacial score (nSPS) is 10.9. The first-order valence-electron chi connectivity index (χ1n) is 7.46. The summed E-state index contributed by atoms with van der Waals surface area (Å²) in [6.07, 6.45) is 1.85. The fourth-order valence-corrected chi connectivity index (χ4v) is 2.72. The van der Waals surface area contributed by atoms with E-state index >= 15 is 0 Å². The monoisotopic (exact) mass is 307 g/mol. The number of halogens is 1. The lowest BCUT2D eigenvalue weighted by molar-refractivity contribution is 0.867. The smallest absolute Gasteiger partial charge is 0.129 e. The lowest BCUT2D eigenvalue weighted by Gasteiger charge is -2.12. The molecule has 1 heterocycles. The SMILES string of the molecule is CC(C)c1ccc(-c2cc(Cl)ncc2-c2ccccc2)cc1. The zero-order chi connectivity index (χ0) is 15.5. The maximum atomic E-state index is 6.12. The van der Waals surface area contributed by atoms with Crippen molar-refractivity contribution in [3.05, 3.63) is 77.6 Å². The Morgan fingerprint density at radius 1 is 0.818 bits per heavy atom. The molecule has 3 rings (SSSR count). The average Bonchev–Trinajstić information content (AvgIpc) is 2.55. The third-order valence-electron chi connectivity index (χ3n) is 3.84. The molecule has 2 aromatic carbocycles. The predicted molar refractivity (Wildman–Crippen MR) is 94.2 cm³/mol. The van der Waals surface area contributed by atoms with E-state index in [1.54, 1.807) is 0 Å². The van der Waals surface area contributed by atoms with E-state index in [0.717, 1.165) is 22.3 Å². The van der Waals surface area contributed by atoms with Crippen LogP contribution in [-0.2, 0) is 0 Å². The molecule has 0 aliphatic rings.